The molecule has 112 valence electrons. The molecular weight excluding hydrogens is 244 g/mol. The van der Waals surface area contributed by atoms with Gasteiger partial charge in [-0.15, -0.1) is 0 Å². The van der Waals surface area contributed by atoms with Crippen molar-refractivity contribution in [1.29, 1.82) is 0 Å². The summed E-state index contributed by atoms with van der Waals surface area (Å²) in [4.78, 5) is 2.56. The van der Waals surface area contributed by atoms with Crippen LogP contribution in [0.25, 0.3) is 0 Å². The van der Waals surface area contributed by atoms with Crippen LogP contribution in [0.5, 0.6) is 0 Å². The van der Waals surface area contributed by atoms with Gasteiger partial charge in [-0.3, -0.25) is 4.90 Å². The van der Waals surface area contributed by atoms with Crippen LogP contribution in [-0.2, 0) is 0 Å². The van der Waals surface area contributed by atoms with E-state index in [1.54, 1.807) is 0 Å². The van der Waals surface area contributed by atoms with E-state index in [1.807, 2.05) is 0 Å². The first kappa shape index (κ1) is 15.5. The van der Waals surface area contributed by atoms with E-state index in [4.69, 9.17) is 5.73 Å². The van der Waals surface area contributed by atoms with E-state index in [1.165, 1.54) is 41.6 Å². The standard InChI is InChI=1S/C18H30N2/c1-12(2)20(10-16-6-7-16)11-17(19)18-14(4)8-13(3)9-15(18)5/h8-9,12,16-17H,6-7,10-11,19H2,1-5H3. The Kier molecular flexibility index (Phi) is 4.87. The van der Waals surface area contributed by atoms with E-state index < -0.39 is 0 Å². The molecule has 0 saturated heterocycles. The molecule has 0 amide bonds. The Morgan fingerprint density at radius 1 is 1.15 bits per heavy atom. The van der Waals surface area contributed by atoms with Gasteiger partial charge in [-0.2, -0.15) is 0 Å². The van der Waals surface area contributed by atoms with Crippen LogP contribution in [0.2, 0.25) is 0 Å². The Labute approximate surface area is 124 Å². The molecule has 1 atom stereocenters. The average molecular weight is 274 g/mol. The first-order valence-electron chi connectivity index (χ1n) is 7.96. The fraction of sp³-hybridized carbons (Fsp3) is 0.667. The molecule has 1 aliphatic carbocycles. The molecule has 1 fully saturated rings. The van der Waals surface area contributed by atoms with Crippen LogP contribution in [0, 0.1) is 26.7 Å². The van der Waals surface area contributed by atoms with Gasteiger partial charge in [-0.1, -0.05) is 17.7 Å². The monoisotopic (exact) mass is 274 g/mol. The number of hydrogen-bond acceptors (Lipinski definition) is 2. The lowest BCUT2D eigenvalue weighted by molar-refractivity contribution is 0.200. The third kappa shape index (κ3) is 3.83. The fourth-order valence-electron chi connectivity index (χ4n) is 3.25. The molecule has 0 aromatic heterocycles. The van der Waals surface area contributed by atoms with E-state index in [2.05, 4.69) is 51.7 Å². The van der Waals surface area contributed by atoms with Gasteiger partial charge in [-0.25, -0.2) is 0 Å². The first-order chi connectivity index (χ1) is 9.38. The number of benzene rings is 1. The molecule has 1 aromatic carbocycles. The molecule has 0 bridgehead atoms. The molecule has 2 nitrogen and oxygen atoms in total. The van der Waals surface area contributed by atoms with Gasteiger partial charge in [0.05, 0.1) is 0 Å². The van der Waals surface area contributed by atoms with E-state index in [0.29, 0.717) is 6.04 Å². The second kappa shape index (κ2) is 6.28. The van der Waals surface area contributed by atoms with E-state index in [0.717, 1.165) is 12.5 Å². The van der Waals surface area contributed by atoms with Crippen molar-refractivity contribution in [3.8, 4) is 0 Å². The highest BCUT2D eigenvalue weighted by Gasteiger charge is 2.27. The number of nitrogens with two attached hydrogens (primary N) is 1. The third-order valence-electron chi connectivity index (χ3n) is 4.46. The minimum atomic E-state index is 0.122. The molecule has 1 unspecified atom stereocenters. The minimum absolute atomic E-state index is 0.122. The summed E-state index contributed by atoms with van der Waals surface area (Å²) in [6.45, 7) is 13.3. The molecule has 1 saturated carbocycles. The highest BCUT2D eigenvalue weighted by Crippen LogP contribution is 2.31. The van der Waals surface area contributed by atoms with E-state index in [9.17, 15) is 0 Å². The van der Waals surface area contributed by atoms with Gasteiger partial charge in [0, 0.05) is 25.2 Å². The molecule has 1 aliphatic rings. The molecule has 2 heteroatoms. The predicted molar refractivity (Wildman–Crippen MR) is 87.0 cm³/mol. The molecule has 2 N–H and O–H groups in total. The zero-order valence-electron chi connectivity index (χ0n) is 13.7. The van der Waals surface area contributed by atoms with Crippen LogP contribution < -0.4 is 5.73 Å². The minimum Gasteiger partial charge on any atom is -0.323 e. The normalized spacial score (nSPS) is 17.0. The first-order valence-corrected chi connectivity index (χ1v) is 7.96. The average Bonchev–Trinajstić information content (AvgIpc) is 3.10. The van der Waals surface area contributed by atoms with Gasteiger partial charge in [0.2, 0.25) is 0 Å². The zero-order chi connectivity index (χ0) is 14.9. The van der Waals surface area contributed by atoms with Gasteiger partial charge in [0.25, 0.3) is 0 Å². The number of rotatable bonds is 6. The van der Waals surface area contributed by atoms with Crippen LogP contribution in [-0.4, -0.2) is 24.0 Å². The summed E-state index contributed by atoms with van der Waals surface area (Å²) >= 11 is 0. The van der Waals surface area contributed by atoms with Gasteiger partial charge >= 0.3 is 0 Å². The van der Waals surface area contributed by atoms with Crippen molar-refractivity contribution in [1.82, 2.24) is 4.90 Å². The Bertz CT molecular complexity index is 437. The largest absolute Gasteiger partial charge is 0.323 e. The Morgan fingerprint density at radius 3 is 2.15 bits per heavy atom. The van der Waals surface area contributed by atoms with Crippen molar-refractivity contribution in [2.24, 2.45) is 11.7 Å². The molecule has 2 rings (SSSR count). The summed E-state index contributed by atoms with van der Waals surface area (Å²) in [6, 6.07) is 5.20. The van der Waals surface area contributed by atoms with Crippen molar-refractivity contribution in [3.63, 3.8) is 0 Å². The molecule has 0 aliphatic heterocycles. The second-order valence-corrected chi connectivity index (χ2v) is 6.91. The van der Waals surface area contributed by atoms with E-state index in [-0.39, 0.29) is 6.04 Å². The quantitative estimate of drug-likeness (QED) is 0.856. The lowest BCUT2D eigenvalue weighted by Gasteiger charge is -2.30. The second-order valence-electron chi connectivity index (χ2n) is 6.91. The molecule has 0 heterocycles. The summed E-state index contributed by atoms with van der Waals surface area (Å²) in [5.74, 6) is 0.921. The third-order valence-corrected chi connectivity index (χ3v) is 4.46. The Hall–Kier alpha value is -0.860. The van der Waals surface area contributed by atoms with E-state index >= 15 is 0 Å². The lowest BCUT2D eigenvalue weighted by atomic mass is 9.94. The highest BCUT2D eigenvalue weighted by molar-refractivity contribution is 5.39. The SMILES string of the molecule is Cc1cc(C)c(C(N)CN(CC2CC2)C(C)C)c(C)c1. The Morgan fingerprint density at radius 2 is 1.70 bits per heavy atom. The van der Waals surface area contributed by atoms with Crippen LogP contribution in [0.15, 0.2) is 12.1 Å². The van der Waals surface area contributed by atoms with Crippen LogP contribution in [0.4, 0.5) is 0 Å². The lowest BCUT2D eigenvalue weighted by Crippen LogP contribution is -2.39. The van der Waals surface area contributed by atoms with Crippen molar-refractivity contribution < 1.29 is 0 Å². The number of hydrogen-bond donors (Lipinski definition) is 1. The fourth-order valence-corrected chi connectivity index (χ4v) is 3.25. The van der Waals surface area contributed by atoms with Crippen molar-refractivity contribution in [2.45, 2.75) is 59.5 Å². The summed E-state index contributed by atoms with van der Waals surface area (Å²) in [6.07, 6.45) is 2.81. The van der Waals surface area contributed by atoms with Crippen LogP contribution >= 0.6 is 0 Å². The molecule has 0 spiro atoms. The van der Waals surface area contributed by atoms with Gasteiger partial charge < -0.3 is 5.73 Å². The van der Waals surface area contributed by atoms with Gasteiger partial charge in [0.15, 0.2) is 0 Å². The predicted octanol–water partition coefficient (Wildman–Crippen LogP) is 3.73. The van der Waals surface area contributed by atoms with Gasteiger partial charge in [-0.05, 0) is 70.1 Å². The van der Waals surface area contributed by atoms with Gasteiger partial charge in [0.1, 0.15) is 0 Å². The number of nitrogens with zero attached hydrogens (tertiary/aromatic N) is 1. The highest BCUT2D eigenvalue weighted by atomic mass is 15.2. The smallest absolute Gasteiger partial charge is 0.0429 e. The Balaban J connectivity index is 2.11. The topological polar surface area (TPSA) is 29.3 Å². The summed E-state index contributed by atoms with van der Waals surface area (Å²) < 4.78 is 0. The maximum atomic E-state index is 6.54. The van der Waals surface area contributed by atoms with Crippen LogP contribution in [0.3, 0.4) is 0 Å². The van der Waals surface area contributed by atoms with Crippen LogP contribution in [0.1, 0.15) is 55.0 Å². The molecular formula is C18H30N2. The number of aryl methyl sites for hydroxylation is 3. The summed E-state index contributed by atoms with van der Waals surface area (Å²) in [7, 11) is 0. The van der Waals surface area contributed by atoms with Crippen molar-refractivity contribution >= 4 is 0 Å². The zero-order valence-corrected chi connectivity index (χ0v) is 13.7. The summed E-state index contributed by atoms with van der Waals surface area (Å²) in [5, 5.41) is 0. The van der Waals surface area contributed by atoms with Crippen molar-refractivity contribution in [3.05, 3.63) is 34.4 Å². The molecule has 20 heavy (non-hydrogen) atoms. The summed E-state index contributed by atoms with van der Waals surface area (Å²) in [5.41, 5.74) is 11.9. The molecule has 1 aromatic rings. The molecule has 0 radical (unpaired) electrons. The maximum Gasteiger partial charge on any atom is 0.0429 e. The van der Waals surface area contributed by atoms with Crippen molar-refractivity contribution in [2.75, 3.05) is 13.1 Å². The maximum absolute atomic E-state index is 6.54.